The minimum atomic E-state index is -0.690. The topological polar surface area (TPSA) is 55.4 Å². The van der Waals surface area contributed by atoms with Crippen LogP contribution in [0.3, 0.4) is 0 Å². The molecule has 0 aromatic heterocycles. The van der Waals surface area contributed by atoms with Gasteiger partial charge in [-0.3, -0.25) is 9.59 Å². The highest BCUT2D eigenvalue weighted by atomic mass is 35.5. The molecule has 1 atom stereocenters. The SMILES string of the molecule is COC(=O)[C@H](C(=O)NCc1ccc(Cl)cc1)C1CCCC1. The standard InChI is InChI=1S/C16H20ClNO3/c1-21-16(20)14(12-4-2-3-5-12)15(19)18-10-11-6-8-13(17)9-7-11/h6-9,12,14H,2-5,10H2,1H3,(H,18,19)/t14-/m0/s1. The number of hydrogen-bond acceptors (Lipinski definition) is 3. The molecule has 1 amide bonds. The highest BCUT2D eigenvalue weighted by molar-refractivity contribution is 6.30. The lowest BCUT2D eigenvalue weighted by Gasteiger charge is -2.20. The maximum Gasteiger partial charge on any atom is 0.318 e. The number of esters is 1. The van der Waals surface area contributed by atoms with E-state index >= 15 is 0 Å². The number of methoxy groups -OCH3 is 1. The fourth-order valence-electron chi connectivity index (χ4n) is 2.83. The van der Waals surface area contributed by atoms with Gasteiger partial charge in [0.05, 0.1) is 7.11 Å². The number of nitrogens with one attached hydrogen (secondary N) is 1. The van der Waals surface area contributed by atoms with E-state index in [2.05, 4.69) is 5.32 Å². The fraction of sp³-hybridized carbons (Fsp3) is 0.500. The van der Waals surface area contributed by atoms with Crippen LogP contribution in [-0.4, -0.2) is 19.0 Å². The Bertz CT molecular complexity index is 495. The number of halogens is 1. The number of amides is 1. The lowest BCUT2D eigenvalue weighted by molar-refractivity contribution is -0.152. The highest BCUT2D eigenvalue weighted by Crippen LogP contribution is 2.32. The van der Waals surface area contributed by atoms with Gasteiger partial charge in [0.2, 0.25) is 5.91 Å². The van der Waals surface area contributed by atoms with E-state index in [0.717, 1.165) is 31.2 Å². The highest BCUT2D eigenvalue weighted by Gasteiger charge is 2.37. The van der Waals surface area contributed by atoms with Crippen LogP contribution in [0, 0.1) is 11.8 Å². The summed E-state index contributed by atoms with van der Waals surface area (Å²) in [5, 5.41) is 3.48. The van der Waals surface area contributed by atoms with Gasteiger partial charge in [0.15, 0.2) is 0 Å². The van der Waals surface area contributed by atoms with Crippen molar-refractivity contribution in [1.82, 2.24) is 5.32 Å². The van der Waals surface area contributed by atoms with Crippen molar-refractivity contribution in [2.75, 3.05) is 7.11 Å². The molecule has 1 fully saturated rings. The quantitative estimate of drug-likeness (QED) is 0.672. The minimum absolute atomic E-state index is 0.0997. The van der Waals surface area contributed by atoms with E-state index in [1.54, 1.807) is 12.1 Å². The Morgan fingerprint density at radius 2 is 1.90 bits per heavy atom. The summed E-state index contributed by atoms with van der Waals surface area (Å²) < 4.78 is 4.80. The minimum Gasteiger partial charge on any atom is -0.468 e. The Morgan fingerprint density at radius 1 is 1.29 bits per heavy atom. The van der Waals surface area contributed by atoms with E-state index in [-0.39, 0.29) is 11.8 Å². The van der Waals surface area contributed by atoms with E-state index < -0.39 is 11.9 Å². The maximum atomic E-state index is 12.3. The lowest BCUT2D eigenvalue weighted by Crippen LogP contribution is -2.39. The smallest absolute Gasteiger partial charge is 0.318 e. The molecule has 21 heavy (non-hydrogen) atoms. The first-order chi connectivity index (χ1) is 10.1. The van der Waals surface area contributed by atoms with Crippen LogP contribution < -0.4 is 5.32 Å². The monoisotopic (exact) mass is 309 g/mol. The first-order valence-corrected chi connectivity index (χ1v) is 7.59. The van der Waals surface area contributed by atoms with Crippen molar-refractivity contribution in [2.45, 2.75) is 32.2 Å². The summed E-state index contributed by atoms with van der Waals surface area (Å²) in [5.74, 6) is -1.27. The first-order valence-electron chi connectivity index (χ1n) is 7.22. The van der Waals surface area contributed by atoms with Crippen LogP contribution in [-0.2, 0) is 20.9 Å². The van der Waals surface area contributed by atoms with Gasteiger partial charge < -0.3 is 10.1 Å². The zero-order valence-corrected chi connectivity index (χ0v) is 12.9. The molecule has 1 aromatic carbocycles. The number of benzene rings is 1. The molecule has 1 saturated carbocycles. The molecule has 1 aromatic rings. The molecule has 1 aliphatic rings. The predicted octanol–water partition coefficient (Wildman–Crippen LogP) is 2.94. The van der Waals surface area contributed by atoms with Gasteiger partial charge in [-0.1, -0.05) is 36.6 Å². The third-order valence-electron chi connectivity index (χ3n) is 3.99. The number of hydrogen-bond donors (Lipinski definition) is 1. The molecule has 1 N–H and O–H groups in total. The Labute approximate surface area is 129 Å². The van der Waals surface area contributed by atoms with Crippen LogP contribution in [0.25, 0.3) is 0 Å². The zero-order chi connectivity index (χ0) is 15.2. The molecule has 2 rings (SSSR count). The summed E-state index contributed by atoms with van der Waals surface area (Å²) in [6, 6.07) is 7.26. The molecule has 4 nitrogen and oxygen atoms in total. The summed E-state index contributed by atoms with van der Waals surface area (Å²) >= 11 is 5.82. The Morgan fingerprint density at radius 3 is 2.48 bits per heavy atom. The second kappa shape index (κ2) is 7.46. The first kappa shape index (κ1) is 15.8. The van der Waals surface area contributed by atoms with Crippen molar-refractivity contribution in [3.05, 3.63) is 34.9 Å². The third kappa shape index (κ3) is 4.21. The van der Waals surface area contributed by atoms with Gasteiger partial charge in [-0.05, 0) is 36.5 Å². The van der Waals surface area contributed by atoms with Crippen molar-refractivity contribution in [3.8, 4) is 0 Å². The van der Waals surface area contributed by atoms with Crippen LogP contribution in [0.5, 0.6) is 0 Å². The van der Waals surface area contributed by atoms with Gasteiger partial charge in [0.1, 0.15) is 5.92 Å². The van der Waals surface area contributed by atoms with Crippen molar-refractivity contribution in [2.24, 2.45) is 11.8 Å². The molecule has 0 unspecified atom stereocenters. The fourth-order valence-corrected chi connectivity index (χ4v) is 2.96. The number of carbonyl (C=O) groups excluding carboxylic acids is 2. The van der Waals surface area contributed by atoms with Gasteiger partial charge in [-0.2, -0.15) is 0 Å². The average molecular weight is 310 g/mol. The molecule has 0 bridgehead atoms. The Hall–Kier alpha value is -1.55. The van der Waals surface area contributed by atoms with Crippen LogP contribution in [0.4, 0.5) is 0 Å². The predicted molar refractivity (Wildman–Crippen MR) is 80.8 cm³/mol. The Balaban J connectivity index is 1.97. The molecule has 0 heterocycles. The number of ether oxygens (including phenoxy) is 1. The zero-order valence-electron chi connectivity index (χ0n) is 12.1. The van der Waals surface area contributed by atoms with Gasteiger partial charge >= 0.3 is 5.97 Å². The van der Waals surface area contributed by atoms with Crippen LogP contribution >= 0.6 is 11.6 Å². The maximum absolute atomic E-state index is 12.3. The molecule has 1 aliphatic carbocycles. The normalized spacial score (nSPS) is 16.5. The summed E-state index contributed by atoms with van der Waals surface area (Å²) in [4.78, 5) is 24.2. The van der Waals surface area contributed by atoms with E-state index in [1.807, 2.05) is 12.1 Å². The summed E-state index contributed by atoms with van der Waals surface area (Å²) in [7, 11) is 1.33. The summed E-state index contributed by atoms with van der Waals surface area (Å²) in [6.45, 7) is 0.385. The Kier molecular flexibility index (Phi) is 5.62. The van der Waals surface area contributed by atoms with E-state index in [0.29, 0.717) is 11.6 Å². The number of carbonyl (C=O) groups is 2. The van der Waals surface area contributed by atoms with Crippen molar-refractivity contribution < 1.29 is 14.3 Å². The molecular formula is C16H20ClNO3. The average Bonchev–Trinajstić information content (AvgIpc) is 3.00. The van der Waals surface area contributed by atoms with Gasteiger partial charge in [-0.25, -0.2) is 0 Å². The molecule has 5 heteroatoms. The third-order valence-corrected chi connectivity index (χ3v) is 4.24. The molecule has 114 valence electrons. The lowest BCUT2D eigenvalue weighted by atomic mass is 9.90. The summed E-state index contributed by atoms with van der Waals surface area (Å²) in [6.07, 6.45) is 3.97. The largest absolute Gasteiger partial charge is 0.468 e. The molecule has 0 spiro atoms. The van der Waals surface area contributed by atoms with Crippen LogP contribution in [0.15, 0.2) is 24.3 Å². The van der Waals surface area contributed by atoms with E-state index in [4.69, 9.17) is 16.3 Å². The van der Waals surface area contributed by atoms with Gasteiger partial charge in [-0.15, -0.1) is 0 Å². The number of rotatable bonds is 5. The second-order valence-electron chi connectivity index (χ2n) is 5.39. The van der Waals surface area contributed by atoms with E-state index in [9.17, 15) is 9.59 Å². The van der Waals surface area contributed by atoms with E-state index in [1.165, 1.54) is 7.11 Å². The van der Waals surface area contributed by atoms with Crippen molar-refractivity contribution in [3.63, 3.8) is 0 Å². The molecule has 0 radical (unpaired) electrons. The summed E-state index contributed by atoms with van der Waals surface area (Å²) in [5.41, 5.74) is 0.947. The van der Waals surface area contributed by atoms with Crippen molar-refractivity contribution in [1.29, 1.82) is 0 Å². The second-order valence-corrected chi connectivity index (χ2v) is 5.83. The molecule has 0 aliphatic heterocycles. The van der Waals surface area contributed by atoms with Crippen molar-refractivity contribution >= 4 is 23.5 Å². The molecular weight excluding hydrogens is 290 g/mol. The van der Waals surface area contributed by atoms with Gasteiger partial charge in [0, 0.05) is 11.6 Å². The van der Waals surface area contributed by atoms with Crippen LogP contribution in [0.2, 0.25) is 5.02 Å². The molecule has 0 saturated heterocycles. The van der Waals surface area contributed by atoms with Crippen LogP contribution in [0.1, 0.15) is 31.2 Å². The van der Waals surface area contributed by atoms with Gasteiger partial charge in [0.25, 0.3) is 0 Å².